The Bertz CT molecular complexity index is 707. The molecule has 0 unspecified atom stereocenters. The van der Waals surface area contributed by atoms with Gasteiger partial charge in [0.05, 0.1) is 4.91 Å². The smallest absolute Gasteiger partial charge is 0.263 e. The predicted octanol–water partition coefficient (Wildman–Crippen LogP) is 4.48. The van der Waals surface area contributed by atoms with E-state index in [1.54, 1.807) is 6.08 Å². The highest BCUT2D eigenvalue weighted by atomic mass is 32.2. The Morgan fingerprint density at radius 1 is 1.13 bits per heavy atom. The van der Waals surface area contributed by atoms with Crippen LogP contribution < -0.4 is 5.32 Å². The van der Waals surface area contributed by atoms with E-state index < -0.39 is 0 Å². The summed E-state index contributed by atoms with van der Waals surface area (Å²) in [7, 11) is 0. The molecule has 0 radical (unpaired) electrons. The Balaban J connectivity index is 2.66. The van der Waals surface area contributed by atoms with Crippen molar-refractivity contribution in [3.05, 3.63) is 33.7 Å². The number of amides is 1. The minimum Gasteiger partial charge on any atom is -0.507 e. The van der Waals surface area contributed by atoms with Gasteiger partial charge < -0.3 is 10.4 Å². The van der Waals surface area contributed by atoms with Crippen LogP contribution in [0.3, 0.4) is 0 Å². The quantitative estimate of drug-likeness (QED) is 0.580. The lowest BCUT2D eigenvalue weighted by atomic mass is 9.79. The standard InChI is InChI=1S/C18H23NO2S2/c1-17(2,3)11-7-10(8-13-15(21)19-16(22)23-13)14(20)12(9-11)18(4,5)6/h7-9,20H,1-6H3,(H,19,21,22). The second-order valence-electron chi connectivity index (χ2n) is 7.81. The highest BCUT2D eigenvalue weighted by Gasteiger charge is 2.26. The number of phenols is 1. The number of thiocarbonyl (C=S) groups is 1. The van der Waals surface area contributed by atoms with Crippen LogP contribution in [0.2, 0.25) is 0 Å². The number of carbonyl (C=O) groups excluding carboxylic acids is 1. The van der Waals surface area contributed by atoms with Crippen LogP contribution in [0.25, 0.3) is 6.08 Å². The highest BCUT2D eigenvalue weighted by Crippen LogP contribution is 2.39. The first-order chi connectivity index (χ1) is 10.4. The van der Waals surface area contributed by atoms with E-state index in [1.165, 1.54) is 11.8 Å². The number of carbonyl (C=O) groups is 1. The molecule has 1 saturated heterocycles. The zero-order valence-electron chi connectivity index (χ0n) is 14.4. The number of nitrogens with one attached hydrogen (secondary N) is 1. The lowest BCUT2D eigenvalue weighted by molar-refractivity contribution is -0.115. The molecule has 1 aromatic rings. The predicted molar refractivity (Wildman–Crippen MR) is 102 cm³/mol. The molecular formula is C18H23NO2S2. The minimum absolute atomic E-state index is 0.0542. The Labute approximate surface area is 147 Å². The third-order valence-corrected chi connectivity index (χ3v) is 4.90. The lowest BCUT2D eigenvalue weighted by Gasteiger charge is -2.27. The number of aromatic hydroxyl groups is 1. The second kappa shape index (κ2) is 5.95. The van der Waals surface area contributed by atoms with Gasteiger partial charge in [0.25, 0.3) is 5.91 Å². The topological polar surface area (TPSA) is 49.3 Å². The van der Waals surface area contributed by atoms with Gasteiger partial charge in [-0.2, -0.15) is 0 Å². The molecule has 1 fully saturated rings. The van der Waals surface area contributed by atoms with E-state index >= 15 is 0 Å². The minimum atomic E-state index is -0.210. The fraction of sp³-hybridized carbons (Fsp3) is 0.444. The molecule has 2 rings (SSSR count). The van der Waals surface area contributed by atoms with Crippen LogP contribution in [0.1, 0.15) is 58.2 Å². The van der Waals surface area contributed by atoms with Gasteiger partial charge in [-0.05, 0) is 28.5 Å². The van der Waals surface area contributed by atoms with Gasteiger partial charge in [0.2, 0.25) is 0 Å². The summed E-state index contributed by atoms with van der Waals surface area (Å²) in [6, 6.07) is 4.01. The first-order valence-electron chi connectivity index (χ1n) is 7.52. The van der Waals surface area contributed by atoms with E-state index in [0.717, 1.165) is 11.1 Å². The Morgan fingerprint density at radius 2 is 1.74 bits per heavy atom. The average molecular weight is 350 g/mol. The van der Waals surface area contributed by atoms with Crippen molar-refractivity contribution in [1.82, 2.24) is 5.32 Å². The Morgan fingerprint density at radius 3 is 2.17 bits per heavy atom. The number of hydrogen-bond donors (Lipinski definition) is 2. The average Bonchev–Trinajstić information content (AvgIpc) is 2.67. The molecule has 23 heavy (non-hydrogen) atoms. The van der Waals surface area contributed by atoms with E-state index in [0.29, 0.717) is 14.8 Å². The number of phenolic OH excluding ortho intramolecular Hbond substituents is 1. The van der Waals surface area contributed by atoms with E-state index in [4.69, 9.17) is 12.2 Å². The second-order valence-corrected chi connectivity index (χ2v) is 9.53. The molecule has 1 amide bonds. The third-order valence-electron chi connectivity index (χ3n) is 3.74. The first kappa shape index (κ1) is 18.0. The van der Waals surface area contributed by atoms with Crippen LogP contribution >= 0.6 is 24.0 Å². The summed E-state index contributed by atoms with van der Waals surface area (Å²) in [4.78, 5) is 12.4. The molecule has 5 heteroatoms. The summed E-state index contributed by atoms with van der Waals surface area (Å²) in [6.07, 6.45) is 1.72. The van der Waals surface area contributed by atoms with Crippen molar-refractivity contribution >= 4 is 40.3 Å². The molecular weight excluding hydrogens is 326 g/mol. The molecule has 124 valence electrons. The van der Waals surface area contributed by atoms with Crippen molar-refractivity contribution in [2.45, 2.75) is 52.4 Å². The molecule has 1 aromatic carbocycles. The third kappa shape index (κ3) is 3.96. The lowest BCUT2D eigenvalue weighted by Crippen LogP contribution is -2.18. The number of rotatable bonds is 1. The van der Waals surface area contributed by atoms with Crippen molar-refractivity contribution in [3.8, 4) is 5.75 Å². The summed E-state index contributed by atoms with van der Waals surface area (Å²) in [5.41, 5.74) is 2.41. The fourth-order valence-corrected chi connectivity index (χ4v) is 3.37. The summed E-state index contributed by atoms with van der Waals surface area (Å²) >= 11 is 6.24. The maximum atomic E-state index is 11.9. The molecule has 0 spiro atoms. The van der Waals surface area contributed by atoms with Gasteiger partial charge in [0, 0.05) is 11.1 Å². The number of thioether (sulfide) groups is 1. The van der Waals surface area contributed by atoms with Gasteiger partial charge >= 0.3 is 0 Å². The first-order valence-corrected chi connectivity index (χ1v) is 8.75. The van der Waals surface area contributed by atoms with Crippen molar-refractivity contribution in [1.29, 1.82) is 0 Å². The molecule has 1 heterocycles. The zero-order chi connectivity index (χ0) is 17.6. The van der Waals surface area contributed by atoms with Gasteiger partial charge in [-0.3, -0.25) is 4.79 Å². The number of hydrogen-bond acceptors (Lipinski definition) is 4. The van der Waals surface area contributed by atoms with E-state index in [-0.39, 0.29) is 22.5 Å². The highest BCUT2D eigenvalue weighted by molar-refractivity contribution is 8.26. The van der Waals surface area contributed by atoms with Crippen molar-refractivity contribution in [3.63, 3.8) is 0 Å². The largest absolute Gasteiger partial charge is 0.507 e. The molecule has 0 bridgehead atoms. The van der Waals surface area contributed by atoms with Crippen molar-refractivity contribution in [2.75, 3.05) is 0 Å². The molecule has 0 atom stereocenters. The Kier molecular flexibility index (Phi) is 4.66. The molecule has 2 N–H and O–H groups in total. The van der Waals surface area contributed by atoms with Crippen LogP contribution in [0.15, 0.2) is 17.0 Å². The molecule has 0 aromatic heterocycles. The summed E-state index contributed by atoms with van der Waals surface area (Å²) in [5.74, 6) is 0.0158. The molecule has 0 aliphatic carbocycles. The molecule has 1 aliphatic heterocycles. The Hall–Kier alpha value is -1.33. The van der Waals surface area contributed by atoms with Gasteiger partial charge in [0.15, 0.2) is 0 Å². The van der Waals surface area contributed by atoms with E-state index in [9.17, 15) is 9.90 Å². The zero-order valence-corrected chi connectivity index (χ0v) is 16.0. The van der Waals surface area contributed by atoms with Crippen LogP contribution in [0.5, 0.6) is 5.75 Å². The van der Waals surface area contributed by atoms with Crippen LogP contribution in [0, 0.1) is 0 Å². The van der Waals surface area contributed by atoms with Gasteiger partial charge in [-0.15, -0.1) is 0 Å². The van der Waals surface area contributed by atoms with Gasteiger partial charge in [0.1, 0.15) is 10.1 Å². The maximum Gasteiger partial charge on any atom is 0.263 e. The molecule has 1 aliphatic rings. The normalized spacial score (nSPS) is 17.7. The van der Waals surface area contributed by atoms with E-state index in [2.05, 4.69) is 52.9 Å². The van der Waals surface area contributed by atoms with Crippen LogP contribution in [-0.2, 0) is 15.6 Å². The van der Waals surface area contributed by atoms with Gasteiger partial charge in [-0.1, -0.05) is 71.6 Å². The van der Waals surface area contributed by atoms with Gasteiger partial charge in [-0.25, -0.2) is 0 Å². The van der Waals surface area contributed by atoms with Crippen LogP contribution in [-0.4, -0.2) is 15.3 Å². The molecule has 0 saturated carbocycles. The molecule has 3 nitrogen and oxygen atoms in total. The summed E-state index contributed by atoms with van der Waals surface area (Å²) in [6.45, 7) is 12.6. The fourth-order valence-electron chi connectivity index (χ4n) is 2.33. The summed E-state index contributed by atoms with van der Waals surface area (Å²) in [5, 5.41) is 13.3. The monoisotopic (exact) mass is 349 g/mol. The van der Waals surface area contributed by atoms with Crippen molar-refractivity contribution in [2.24, 2.45) is 0 Å². The van der Waals surface area contributed by atoms with Crippen molar-refractivity contribution < 1.29 is 9.90 Å². The number of benzene rings is 1. The SMILES string of the molecule is CC(C)(C)c1cc(C=C2SC(=S)NC2=O)c(O)c(C(C)(C)C)c1. The summed E-state index contributed by atoms with van der Waals surface area (Å²) < 4.78 is 0.448. The van der Waals surface area contributed by atoms with E-state index in [1.807, 2.05) is 6.07 Å². The van der Waals surface area contributed by atoms with Crippen LogP contribution in [0.4, 0.5) is 0 Å². The maximum absolute atomic E-state index is 11.9.